The second-order valence-electron chi connectivity index (χ2n) is 6.39. The highest BCUT2D eigenvalue weighted by atomic mass is 32.2. The van der Waals surface area contributed by atoms with Gasteiger partial charge in [-0.1, -0.05) is 12.1 Å². The van der Waals surface area contributed by atoms with E-state index in [9.17, 15) is 9.59 Å². The molecule has 0 aromatic heterocycles. The first-order valence-electron chi connectivity index (χ1n) is 8.49. The van der Waals surface area contributed by atoms with Crippen molar-refractivity contribution in [2.75, 3.05) is 25.9 Å². The fourth-order valence-corrected chi connectivity index (χ4v) is 3.70. The molecule has 1 saturated heterocycles. The highest BCUT2D eigenvalue weighted by Crippen LogP contribution is 2.25. The summed E-state index contributed by atoms with van der Waals surface area (Å²) in [7, 11) is 1.94. The van der Waals surface area contributed by atoms with E-state index in [1.54, 1.807) is 0 Å². The lowest BCUT2D eigenvalue weighted by molar-refractivity contribution is -0.119. The van der Waals surface area contributed by atoms with E-state index in [1.807, 2.05) is 50.1 Å². The van der Waals surface area contributed by atoms with Crippen LogP contribution in [0.25, 0.3) is 0 Å². The Hall–Kier alpha value is -1.53. The summed E-state index contributed by atoms with van der Waals surface area (Å²) in [4.78, 5) is 27.5. The van der Waals surface area contributed by atoms with Crippen LogP contribution < -0.4 is 10.6 Å². The summed E-state index contributed by atoms with van der Waals surface area (Å²) in [6.45, 7) is 5.41. The van der Waals surface area contributed by atoms with Crippen molar-refractivity contribution in [2.24, 2.45) is 0 Å². The van der Waals surface area contributed by atoms with E-state index in [2.05, 4.69) is 10.6 Å². The van der Waals surface area contributed by atoms with Crippen LogP contribution in [0.5, 0.6) is 0 Å². The minimum atomic E-state index is -0.00882. The third-order valence-electron chi connectivity index (χ3n) is 4.04. The highest BCUT2D eigenvalue weighted by molar-refractivity contribution is 8.00. The van der Waals surface area contributed by atoms with Crippen molar-refractivity contribution in [3.05, 3.63) is 29.8 Å². The van der Waals surface area contributed by atoms with Crippen LogP contribution in [0.3, 0.4) is 0 Å². The molecule has 2 N–H and O–H groups in total. The fraction of sp³-hybridized carbons (Fsp3) is 0.556. The molecule has 24 heavy (non-hydrogen) atoms. The predicted octanol–water partition coefficient (Wildman–Crippen LogP) is 2.13. The standard InChI is InChI=1S/C18H27N3O2S/c1-13(2)20-17(22)12-24-16-9-5-4-8-15(16)18(23)21-10-6-7-14(11-21)19-3/h4-5,8-9,13-14,19H,6-7,10-12H2,1-3H3,(H,20,22). The van der Waals surface area contributed by atoms with Crippen molar-refractivity contribution >= 4 is 23.6 Å². The van der Waals surface area contributed by atoms with Gasteiger partial charge in [-0.3, -0.25) is 9.59 Å². The number of carbonyl (C=O) groups is 2. The number of hydrogen-bond donors (Lipinski definition) is 2. The molecular formula is C18H27N3O2S. The van der Waals surface area contributed by atoms with Crippen molar-refractivity contribution in [1.29, 1.82) is 0 Å². The highest BCUT2D eigenvalue weighted by Gasteiger charge is 2.25. The number of benzene rings is 1. The van der Waals surface area contributed by atoms with Gasteiger partial charge in [0.15, 0.2) is 0 Å². The van der Waals surface area contributed by atoms with E-state index in [-0.39, 0.29) is 17.9 Å². The zero-order valence-corrected chi connectivity index (χ0v) is 15.5. The second-order valence-corrected chi connectivity index (χ2v) is 7.40. The molecule has 1 aromatic carbocycles. The van der Waals surface area contributed by atoms with Crippen LogP contribution >= 0.6 is 11.8 Å². The molecule has 1 unspecified atom stereocenters. The molecule has 0 aliphatic carbocycles. The zero-order chi connectivity index (χ0) is 17.5. The molecular weight excluding hydrogens is 322 g/mol. The van der Waals surface area contributed by atoms with Crippen molar-refractivity contribution < 1.29 is 9.59 Å². The van der Waals surface area contributed by atoms with E-state index >= 15 is 0 Å². The molecule has 1 aliphatic rings. The number of piperidine rings is 1. The molecule has 132 valence electrons. The Morgan fingerprint density at radius 2 is 2.08 bits per heavy atom. The average molecular weight is 350 g/mol. The first kappa shape index (κ1) is 18.8. The van der Waals surface area contributed by atoms with Gasteiger partial charge in [0.05, 0.1) is 11.3 Å². The molecule has 1 heterocycles. The number of thioether (sulfide) groups is 1. The fourth-order valence-electron chi connectivity index (χ4n) is 2.84. The third kappa shape index (κ3) is 5.24. The largest absolute Gasteiger partial charge is 0.353 e. The Bertz CT molecular complexity index is 577. The van der Waals surface area contributed by atoms with E-state index in [1.165, 1.54) is 11.8 Å². The number of hydrogen-bond acceptors (Lipinski definition) is 4. The van der Waals surface area contributed by atoms with Crippen LogP contribution in [0.1, 0.15) is 37.0 Å². The number of rotatable bonds is 6. The van der Waals surface area contributed by atoms with Gasteiger partial charge < -0.3 is 15.5 Å². The van der Waals surface area contributed by atoms with Gasteiger partial charge in [-0.25, -0.2) is 0 Å². The second kappa shape index (κ2) is 9.08. The topological polar surface area (TPSA) is 61.4 Å². The minimum Gasteiger partial charge on any atom is -0.353 e. The summed E-state index contributed by atoms with van der Waals surface area (Å²) in [6, 6.07) is 8.05. The van der Waals surface area contributed by atoms with Crippen molar-refractivity contribution in [3.8, 4) is 0 Å². The van der Waals surface area contributed by atoms with Crippen LogP contribution in [0.15, 0.2) is 29.2 Å². The maximum absolute atomic E-state index is 12.9. The molecule has 6 heteroatoms. The van der Waals surface area contributed by atoms with Gasteiger partial charge in [0.25, 0.3) is 5.91 Å². The van der Waals surface area contributed by atoms with Gasteiger partial charge in [0.1, 0.15) is 0 Å². The molecule has 5 nitrogen and oxygen atoms in total. The Kier molecular flexibility index (Phi) is 7.12. The monoisotopic (exact) mass is 349 g/mol. The summed E-state index contributed by atoms with van der Waals surface area (Å²) in [5.74, 6) is 0.370. The molecule has 0 bridgehead atoms. The van der Waals surface area contributed by atoms with E-state index < -0.39 is 0 Å². The molecule has 0 radical (unpaired) electrons. The molecule has 0 saturated carbocycles. The Morgan fingerprint density at radius 1 is 1.33 bits per heavy atom. The summed E-state index contributed by atoms with van der Waals surface area (Å²) in [5, 5.41) is 6.14. The molecule has 1 aliphatic heterocycles. The molecule has 2 amide bonds. The minimum absolute atomic E-state index is 0.00882. The van der Waals surface area contributed by atoms with Crippen LogP contribution in [0, 0.1) is 0 Å². The Balaban J connectivity index is 2.04. The first-order valence-corrected chi connectivity index (χ1v) is 9.47. The number of likely N-dealkylation sites (tertiary alicyclic amines) is 1. The van der Waals surface area contributed by atoms with Crippen LogP contribution in [-0.4, -0.2) is 54.7 Å². The summed E-state index contributed by atoms with van der Waals surface area (Å²) < 4.78 is 0. The van der Waals surface area contributed by atoms with Crippen molar-refractivity contribution in [2.45, 2.75) is 43.7 Å². The zero-order valence-electron chi connectivity index (χ0n) is 14.7. The van der Waals surface area contributed by atoms with Gasteiger partial charge in [-0.05, 0) is 45.9 Å². The van der Waals surface area contributed by atoms with Gasteiger partial charge in [-0.2, -0.15) is 0 Å². The quantitative estimate of drug-likeness (QED) is 0.773. The summed E-state index contributed by atoms with van der Waals surface area (Å²) in [5.41, 5.74) is 0.691. The molecule has 0 spiro atoms. The van der Waals surface area contributed by atoms with Crippen LogP contribution in [0.2, 0.25) is 0 Å². The summed E-state index contributed by atoms with van der Waals surface area (Å²) in [6.07, 6.45) is 2.12. The lowest BCUT2D eigenvalue weighted by Crippen LogP contribution is -2.47. The molecule has 1 aromatic rings. The predicted molar refractivity (Wildman–Crippen MR) is 98.4 cm³/mol. The van der Waals surface area contributed by atoms with Crippen molar-refractivity contribution in [3.63, 3.8) is 0 Å². The van der Waals surface area contributed by atoms with E-state index in [0.717, 1.165) is 30.8 Å². The van der Waals surface area contributed by atoms with Gasteiger partial charge in [0.2, 0.25) is 5.91 Å². The lowest BCUT2D eigenvalue weighted by Gasteiger charge is -2.33. The average Bonchev–Trinajstić information content (AvgIpc) is 2.59. The first-order chi connectivity index (χ1) is 11.5. The van der Waals surface area contributed by atoms with Gasteiger partial charge in [0, 0.05) is 30.1 Å². The van der Waals surface area contributed by atoms with Crippen molar-refractivity contribution in [1.82, 2.24) is 15.5 Å². The number of nitrogens with one attached hydrogen (secondary N) is 2. The number of amides is 2. The van der Waals surface area contributed by atoms with Crippen LogP contribution in [0.4, 0.5) is 0 Å². The van der Waals surface area contributed by atoms with Gasteiger partial charge >= 0.3 is 0 Å². The molecule has 1 fully saturated rings. The van der Waals surface area contributed by atoms with E-state index in [0.29, 0.717) is 17.4 Å². The number of nitrogens with zero attached hydrogens (tertiary/aromatic N) is 1. The van der Waals surface area contributed by atoms with Gasteiger partial charge in [-0.15, -0.1) is 11.8 Å². The maximum atomic E-state index is 12.9. The third-order valence-corrected chi connectivity index (χ3v) is 5.12. The van der Waals surface area contributed by atoms with E-state index in [4.69, 9.17) is 0 Å². The van der Waals surface area contributed by atoms with Crippen LogP contribution in [-0.2, 0) is 4.79 Å². The normalized spacial score (nSPS) is 17.8. The number of likely N-dealkylation sites (N-methyl/N-ethyl adjacent to an activating group) is 1. The summed E-state index contributed by atoms with van der Waals surface area (Å²) >= 11 is 1.42. The lowest BCUT2D eigenvalue weighted by atomic mass is 10.0. The Morgan fingerprint density at radius 3 is 2.79 bits per heavy atom. The maximum Gasteiger partial charge on any atom is 0.255 e. The molecule has 2 rings (SSSR count). The smallest absolute Gasteiger partial charge is 0.255 e. The molecule has 1 atom stereocenters. The Labute approximate surface area is 148 Å². The SMILES string of the molecule is CNC1CCCN(C(=O)c2ccccc2SCC(=O)NC(C)C)C1. The number of carbonyl (C=O) groups excluding carboxylic acids is 2.